The molecule has 1 aromatic heterocycles. The predicted octanol–water partition coefficient (Wildman–Crippen LogP) is 1.49. The molecule has 0 amide bonds. The van der Waals surface area contributed by atoms with Crippen LogP contribution in [0.1, 0.15) is 23.7 Å². The van der Waals surface area contributed by atoms with Crippen molar-refractivity contribution in [3.63, 3.8) is 0 Å². The van der Waals surface area contributed by atoms with Crippen LogP contribution in [0.15, 0.2) is 36.7 Å². The Balaban J connectivity index is 1.63. The third kappa shape index (κ3) is 2.16. The zero-order chi connectivity index (χ0) is 12.5. The molecule has 0 aliphatic heterocycles. The van der Waals surface area contributed by atoms with Crippen molar-refractivity contribution in [2.24, 2.45) is 18.7 Å². The van der Waals surface area contributed by atoms with E-state index in [1.54, 1.807) is 11.0 Å². The van der Waals surface area contributed by atoms with Crippen LogP contribution < -0.4 is 5.73 Å². The first-order valence-electron chi connectivity index (χ1n) is 6.39. The zero-order valence-electron chi connectivity index (χ0n) is 10.5. The van der Waals surface area contributed by atoms with Crippen molar-refractivity contribution < 1.29 is 0 Å². The molecule has 1 aromatic carbocycles. The van der Waals surface area contributed by atoms with Gasteiger partial charge in [0.2, 0.25) is 0 Å². The molecule has 3 rings (SSSR count). The second-order valence-electron chi connectivity index (χ2n) is 5.08. The summed E-state index contributed by atoms with van der Waals surface area (Å²) in [7, 11) is 1.91. The van der Waals surface area contributed by atoms with Gasteiger partial charge in [0.05, 0.1) is 0 Å². The molecular weight excluding hydrogens is 224 g/mol. The lowest BCUT2D eigenvalue weighted by molar-refractivity contribution is 0.544. The Morgan fingerprint density at radius 1 is 1.39 bits per heavy atom. The van der Waals surface area contributed by atoms with Gasteiger partial charge in [-0.05, 0) is 23.8 Å². The molecule has 0 bridgehead atoms. The van der Waals surface area contributed by atoms with Gasteiger partial charge >= 0.3 is 0 Å². The highest BCUT2D eigenvalue weighted by molar-refractivity contribution is 5.26. The molecule has 1 heterocycles. The Morgan fingerprint density at radius 3 is 2.83 bits per heavy atom. The SMILES string of the molecule is Cn1ncnc1CC(N)C1CC1c1ccccc1. The highest BCUT2D eigenvalue weighted by Crippen LogP contribution is 2.49. The summed E-state index contributed by atoms with van der Waals surface area (Å²) in [5.41, 5.74) is 7.70. The Kier molecular flexibility index (Phi) is 2.88. The Bertz CT molecular complexity index is 520. The number of aryl methyl sites for hydroxylation is 1. The van der Waals surface area contributed by atoms with Crippen molar-refractivity contribution in [1.82, 2.24) is 14.8 Å². The van der Waals surface area contributed by atoms with Gasteiger partial charge in [0.25, 0.3) is 0 Å². The van der Waals surface area contributed by atoms with E-state index in [2.05, 4.69) is 40.4 Å². The molecule has 4 nitrogen and oxygen atoms in total. The number of nitrogens with two attached hydrogens (primary N) is 1. The van der Waals surface area contributed by atoms with E-state index in [1.807, 2.05) is 7.05 Å². The van der Waals surface area contributed by atoms with Crippen LogP contribution in [-0.4, -0.2) is 20.8 Å². The van der Waals surface area contributed by atoms with Gasteiger partial charge in [0.15, 0.2) is 0 Å². The van der Waals surface area contributed by atoms with Gasteiger partial charge in [-0.1, -0.05) is 30.3 Å². The maximum Gasteiger partial charge on any atom is 0.138 e. The molecule has 1 aliphatic rings. The smallest absolute Gasteiger partial charge is 0.138 e. The quantitative estimate of drug-likeness (QED) is 0.883. The fraction of sp³-hybridized carbons (Fsp3) is 0.429. The lowest BCUT2D eigenvalue weighted by atomic mass is 10.0. The van der Waals surface area contributed by atoms with Crippen molar-refractivity contribution in [3.05, 3.63) is 48.0 Å². The lowest BCUT2D eigenvalue weighted by Gasteiger charge is -2.10. The third-order valence-corrected chi connectivity index (χ3v) is 3.84. The molecular formula is C14H18N4. The normalized spacial score (nSPS) is 23.9. The highest BCUT2D eigenvalue weighted by atomic mass is 15.3. The molecule has 0 radical (unpaired) electrons. The van der Waals surface area contributed by atoms with E-state index < -0.39 is 0 Å². The average molecular weight is 242 g/mol. The molecule has 1 aliphatic carbocycles. The summed E-state index contributed by atoms with van der Waals surface area (Å²) in [6.45, 7) is 0. The van der Waals surface area contributed by atoms with Gasteiger partial charge in [-0.3, -0.25) is 4.68 Å². The van der Waals surface area contributed by atoms with Gasteiger partial charge in [-0.25, -0.2) is 4.98 Å². The first-order chi connectivity index (χ1) is 8.75. The van der Waals surface area contributed by atoms with Crippen LogP contribution >= 0.6 is 0 Å². The Morgan fingerprint density at radius 2 is 2.17 bits per heavy atom. The van der Waals surface area contributed by atoms with E-state index >= 15 is 0 Å². The minimum Gasteiger partial charge on any atom is -0.327 e. The number of hydrogen-bond donors (Lipinski definition) is 1. The van der Waals surface area contributed by atoms with E-state index in [-0.39, 0.29) is 6.04 Å². The average Bonchev–Trinajstić information content (AvgIpc) is 3.10. The van der Waals surface area contributed by atoms with E-state index in [0.717, 1.165) is 12.2 Å². The maximum absolute atomic E-state index is 6.29. The molecule has 4 heteroatoms. The fourth-order valence-electron chi connectivity index (χ4n) is 2.64. The first-order valence-corrected chi connectivity index (χ1v) is 6.39. The number of nitrogens with zero attached hydrogens (tertiary/aromatic N) is 3. The van der Waals surface area contributed by atoms with Crippen molar-refractivity contribution in [2.75, 3.05) is 0 Å². The summed E-state index contributed by atoms with van der Waals surface area (Å²) < 4.78 is 1.81. The predicted molar refractivity (Wildman–Crippen MR) is 70.0 cm³/mol. The van der Waals surface area contributed by atoms with Crippen molar-refractivity contribution in [3.8, 4) is 0 Å². The molecule has 2 N–H and O–H groups in total. The molecule has 3 atom stereocenters. The molecule has 0 spiro atoms. The lowest BCUT2D eigenvalue weighted by Crippen LogP contribution is -2.27. The van der Waals surface area contributed by atoms with E-state index in [0.29, 0.717) is 11.8 Å². The second kappa shape index (κ2) is 4.53. The van der Waals surface area contributed by atoms with Gasteiger partial charge in [-0.2, -0.15) is 5.10 Å². The minimum atomic E-state index is 0.179. The Hall–Kier alpha value is -1.68. The summed E-state index contributed by atoms with van der Waals surface area (Å²) in [5, 5.41) is 4.08. The molecule has 3 unspecified atom stereocenters. The largest absolute Gasteiger partial charge is 0.327 e. The Labute approximate surface area is 107 Å². The van der Waals surface area contributed by atoms with Gasteiger partial charge < -0.3 is 5.73 Å². The highest BCUT2D eigenvalue weighted by Gasteiger charge is 2.42. The van der Waals surface area contributed by atoms with E-state index in [4.69, 9.17) is 5.73 Å². The summed E-state index contributed by atoms with van der Waals surface area (Å²) >= 11 is 0. The summed E-state index contributed by atoms with van der Waals surface area (Å²) in [5.74, 6) is 2.19. The fourth-order valence-corrected chi connectivity index (χ4v) is 2.64. The van der Waals surface area contributed by atoms with Crippen LogP contribution in [0.2, 0.25) is 0 Å². The number of benzene rings is 1. The van der Waals surface area contributed by atoms with Gasteiger partial charge in [-0.15, -0.1) is 0 Å². The van der Waals surface area contributed by atoms with Crippen molar-refractivity contribution in [1.29, 1.82) is 0 Å². The number of rotatable bonds is 4. The number of aromatic nitrogens is 3. The third-order valence-electron chi connectivity index (χ3n) is 3.84. The summed E-state index contributed by atoms with van der Waals surface area (Å²) in [4.78, 5) is 4.24. The second-order valence-corrected chi connectivity index (χ2v) is 5.08. The first kappa shape index (κ1) is 11.4. The standard InChI is InChI=1S/C14H18N4/c1-18-14(16-9-17-18)8-13(15)12-7-11(12)10-5-3-2-4-6-10/h2-6,9,11-13H,7-8,15H2,1H3. The van der Waals surface area contributed by atoms with E-state index in [1.165, 1.54) is 12.0 Å². The molecule has 2 aromatic rings. The molecule has 94 valence electrons. The molecule has 18 heavy (non-hydrogen) atoms. The van der Waals surface area contributed by atoms with Crippen LogP contribution in [0.4, 0.5) is 0 Å². The molecule has 1 fully saturated rings. The monoisotopic (exact) mass is 242 g/mol. The van der Waals surface area contributed by atoms with Crippen LogP contribution in [0, 0.1) is 5.92 Å². The minimum absolute atomic E-state index is 0.179. The summed E-state index contributed by atoms with van der Waals surface area (Å²) in [6, 6.07) is 10.8. The van der Waals surface area contributed by atoms with Gasteiger partial charge in [0.1, 0.15) is 12.2 Å². The number of hydrogen-bond acceptors (Lipinski definition) is 3. The topological polar surface area (TPSA) is 56.7 Å². The summed E-state index contributed by atoms with van der Waals surface area (Å²) in [6.07, 6.45) is 3.59. The zero-order valence-corrected chi connectivity index (χ0v) is 10.5. The van der Waals surface area contributed by atoms with E-state index in [9.17, 15) is 0 Å². The molecule has 1 saturated carbocycles. The van der Waals surface area contributed by atoms with Crippen LogP contribution in [0.5, 0.6) is 0 Å². The van der Waals surface area contributed by atoms with Crippen LogP contribution in [0.25, 0.3) is 0 Å². The van der Waals surface area contributed by atoms with Crippen molar-refractivity contribution in [2.45, 2.75) is 24.8 Å². The maximum atomic E-state index is 6.29. The van der Waals surface area contributed by atoms with Gasteiger partial charge in [0, 0.05) is 19.5 Å². The van der Waals surface area contributed by atoms with Crippen LogP contribution in [0.3, 0.4) is 0 Å². The van der Waals surface area contributed by atoms with Crippen molar-refractivity contribution >= 4 is 0 Å². The molecule has 0 saturated heterocycles. The van der Waals surface area contributed by atoms with Crippen LogP contribution in [-0.2, 0) is 13.5 Å².